The summed E-state index contributed by atoms with van der Waals surface area (Å²) in [6, 6.07) is 4.17. The van der Waals surface area contributed by atoms with Crippen molar-refractivity contribution in [1.82, 2.24) is 0 Å². The number of hydrogen-bond donors (Lipinski definition) is 0. The van der Waals surface area contributed by atoms with Crippen molar-refractivity contribution >= 4 is 45.2 Å². The van der Waals surface area contributed by atoms with Crippen molar-refractivity contribution in [3.8, 4) is 11.5 Å². The van der Waals surface area contributed by atoms with Crippen molar-refractivity contribution in [3.05, 3.63) is 19.3 Å². The zero-order chi connectivity index (χ0) is 14.8. The van der Waals surface area contributed by atoms with Crippen LogP contribution in [0.2, 0.25) is 0 Å². The van der Waals surface area contributed by atoms with Crippen LogP contribution in [-0.2, 0) is 0 Å². The van der Waals surface area contributed by atoms with Crippen LogP contribution in [0.15, 0.2) is 12.1 Å². The maximum absolute atomic E-state index is 5.85. The fraction of sp³-hybridized carbons (Fsp3) is 0.625. The molecular formula is C16H24I2O2. The van der Waals surface area contributed by atoms with E-state index in [0.29, 0.717) is 0 Å². The van der Waals surface area contributed by atoms with Gasteiger partial charge in [-0.1, -0.05) is 39.5 Å². The number of rotatable bonds is 10. The van der Waals surface area contributed by atoms with Crippen LogP contribution in [-0.4, -0.2) is 13.2 Å². The maximum Gasteiger partial charge on any atom is 0.133 e. The largest absolute Gasteiger partial charge is 0.492 e. The van der Waals surface area contributed by atoms with E-state index in [2.05, 4.69) is 71.2 Å². The van der Waals surface area contributed by atoms with E-state index in [0.717, 1.165) is 44.7 Å². The first kappa shape index (κ1) is 18.3. The van der Waals surface area contributed by atoms with Crippen LogP contribution >= 0.6 is 45.2 Å². The van der Waals surface area contributed by atoms with E-state index in [1.165, 1.54) is 25.7 Å². The summed E-state index contributed by atoms with van der Waals surface area (Å²) in [6.07, 6.45) is 7.15. The molecule has 20 heavy (non-hydrogen) atoms. The minimum absolute atomic E-state index is 0.802. The molecule has 0 fully saturated rings. The van der Waals surface area contributed by atoms with Crippen LogP contribution in [0.25, 0.3) is 0 Å². The Kier molecular flexibility index (Phi) is 10.0. The molecule has 4 heteroatoms. The molecular weight excluding hydrogens is 478 g/mol. The molecule has 0 saturated carbocycles. The Labute approximate surface area is 150 Å². The van der Waals surface area contributed by atoms with Gasteiger partial charge >= 0.3 is 0 Å². The average molecular weight is 502 g/mol. The Hall–Kier alpha value is 0.280. The van der Waals surface area contributed by atoms with E-state index in [-0.39, 0.29) is 0 Å². The topological polar surface area (TPSA) is 18.5 Å². The number of unbranched alkanes of at least 4 members (excludes halogenated alkanes) is 4. The molecule has 0 aliphatic heterocycles. The molecule has 1 aromatic carbocycles. The smallest absolute Gasteiger partial charge is 0.133 e. The summed E-state index contributed by atoms with van der Waals surface area (Å²) in [5.41, 5.74) is 0. The van der Waals surface area contributed by atoms with Gasteiger partial charge in [0.25, 0.3) is 0 Å². The van der Waals surface area contributed by atoms with Gasteiger partial charge in [0, 0.05) is 0 Å². The summed E-state index contributed by atoms with van der Waals surface area (Å²) in [4.78, 5) is 0. The van der Waals surface area contributed by atoms with Crippen molar-refractivity contribution in [1.29, 1.82) is 0 Å². The summed E-state index contributed by atoms with van der Waals surface area (Å²) in [6.45, 7) is 6.02. The van der Waals surface area contributed by atoms with E-state index in [9.17, 15) is 0 Å². The fourth-order valence-electron chi connectivity index (χ4n) is 1.80. The lowest BCUT2D eigenvalue weighted by Crippen LogP contribution is -2.02. The molecule has 0 aromatic heterocycles. The Morgan fingerprint density at radius 3 is 1.50 bits per heavy atom. The lowest BCUT2D eigenvalue weighted by Gasteiger charge is -2.13. The van der Waals surface area contributed by atoms with Crippen LogP contribution in [0.5, 0.6) is 11.5 Å². The van der Waals surface area contributed by atoms with Crippen molar-refractivity contribution in [2.45, 2.75) is 52.4 Å². The second kappa shape index (κ2) is 10.9. The third-order valence-electron chi connectivity index (χ3n) is 3.00. The normalized spacial score (nSPS) is 10.6. The lowest BCUT2D eigenvalue weighted by atomic mass is 10.2. The second-order valence-corrected chi connectivity index (χ2v) is 7.15. The second-order valence-electron chi connectivity index (χ2n) is 4.82. The highest BCUT2D eigenvalue weighted by Crippen LogP contribution is 2.31. The molecule has 0 heterocycles. The number of ether oxygens (including phenoxy) is 2. The van der Waals surface area contributed by atoms with Gasteiger partial charge in [-0.15, -0.1) is 0 Å². The van der Waals surface area contributed by atoms with Gasteiger partial charge < -0.3 is 9.47 Å². The molecule has 0 bridgehead atoms. The minimum Gasteiger partial charge on any atom is -0.492 e. The third-order valence-corrected chi connectivity index (χ3v) is 4.68. The molecule has 0 radical (unpaired) electrons. The lowest BCUT2D eigenvalue weighted by molar-refractivity contribution is 0.294. The van der Waals surface area contributed by atoms with Crippen molar-refractivity contribution < 1.29 is 9.47 Å². The zero-order valence-corrected chi connectivity index (χ0v) is 16.7. The van der Waals surface area contributed by atoms with E-state index in [4.69, 9.17) is 9.47 Å². The van der Waals surface area contributed by atoms with E-state index < -0.39 is 0 Å². The maximum atomic E-state index is 5.85. The highest BCUT2D eigenvalue weighted by atomic mass is 127. The summed E-state index contributed by atoms with van der Waals surface area (Å²) in [5.74, 6) is 1.96. The number of halogens is 2. The molecule has 2 nitrogen and oxygen atoms in total. The van der Waals surface area contributed by atoms with Gasteiger partial charge in [-0.2, -0.15) is 0 Å². The Morgan fingerprint density at radius 2 is 1.15 bits per heavy atom. The third kappa shape index (κ3) is 6.83. The van der Waals surface area contributed by atoms with Gasteiger partial charge in [-0.25, -0.2) is 0 Å². The van der Waals surface area contributed by atoms with Gasteiger partial charge in [0.15, 0.2) is 0 Å². The van der Waals surface area contributed by atoms with Crippen molar-refractivity contribution in [2.75, 3.05) is 13.2 Å². The molecule has 114 valence electrons. The van der Waals surface area contributed by atoms with Crippen molar-refractivity contribution in [2.24, 2.45) is 0 Å². The van der Waals surface area contributed by atoms with Gasteiger partial charge in [0.1, 0.15) is 11.5 Å². The molecule has 0 aliphatic carbocycles. The van der Waals surface area contributed by atoms with Crippen molar-refractivity contribution in [3.63, 3.8) is 0 Å². The molecule has 0 amide bonds. The summed E-state index contributed by atoms with van der Waals surface area (Å²) in [7, 11) is 0. The van der Waals surface area contributed by atoms with Crippen LogP contribution in [0.4, 0.5) is 0 Å². The fourth-order valence-corrected chi connectivity index (χ4v) is 2.99. The average Bonchev–Trinajstić information content (AvgIpc) is 2.44. The molecule has 0 N–H and O–H groups in total. The van der Waals surface area contributed by atoms with Crippen LogP contribution in [0.3, 0.4) is 0 Å². The highest BCUT2D eigenvalue weighted by molar-refractivity contribution is 14.1. The predicted molar refractivity (Wildman–Crippen MR) is 102 cm³/mol. The van der Waals surface area contributed by atoms with Crippen LogP contribution in [0.1, 0.15) is 52.4 Å². The molecule has 1 rings (SSSR count). The van der Waals surface area contributed by atoms with Gasteiger partial charge in [0.05, 0.1) is 20.4 Å². The Morgan fingerprint density at radius 1 is 0.750 bits per heavy atom. The number of benzene rings is 1. The minimum atomic E-state index is 0.802. The molecule has 0 saturated heterocycles. The summed E-state index contributed by atoms with van der Waals surface area (Å²) < 4.78 is 14.0. The molecule has 0 atom stereocenters. The van der Waals surface area contributed by atoms with E-state index >= 15 is 0 Å². The first-order chi connectivity index (χ1) is 9.69. The summed E-state index contributed by atoms with van der Waals surface area (Å²) >= 11 is 4.65. The SMILES string of the molecule is CCCCCOc1cc(I)c(OCCCCC)cc1I. The van der Waals surface area contributed by atoms with Crippen LogP contribution < -0.4 is 9.47 Å². The quantitative estimate of drug-likeness (QED) is 0.287. The van der Waals surface area contributed by atoms with Gasteiger partial charge in [-0.05, 0) is 70.2 Å². The molecule has 0 spiro atoms. The monoisotopic (exact) mass is 502 g/mol. The van der Waals surface area contributed by atoms with E-state index in [1.807, 2.05) is 0 Å². The Balaban J connectivity index is 2.52. The van der Waals surface area contributed by atoms with E-state index in [1.54, 1.807) is 0 Å². The first-order valence-corrected chi connectivity index (χ1v) is 9.59. The highest BCUT2D eigenvalue weighted by Gasteiger charge is 2.08. The summed E-state index contributed by atoms with van der Waals surface area (Å²) in [5, 5.41) is 0. The Bertz CT molecular complexity index is 357. The standard InChI is InChI=1S/C16H24I2O2/c1-3-5-7-9-19-15-11-14(18)16(12-13(15)17)20-10-8-6-4-2/h11-12H,3-10H2,1-2H3. The zero-order valence-electron chi connectivity index (χ0n) is 12.4. The molecule has 0 unspecified atom stereocenters. The van der Waals surface area contributed by atoms with Gasteiger partial charge in [-0.3, -0.25) is 0 Å². The molecule has 1 aromatic rings. The van der Waals surface area contributed by atoms with Gasteiger partial charge in [0.2, 0.25) is 0 Å². The number of hydrogen-bond acceptors (Lipinski definition) is 2. The molecule has 0 aliphatic rings. The van der Waals surface area contributed by atoms with Crippen LogP contribution in [0, 0.1) is 7.14 Å². The first-order valence-electron chi connectivity index (χ1n) is 7.43. The predicted octanol–water partition coefficient (Wildman–Crippen LogP) is 6.03.